The number of thioether (sulfide) groups is 1. The predicted molar refractivity (Wildman–Crippen MR) is 91.8 cm³/mol. The van der Waals surface area contributed by atoms with Gasteiger partial charge in [-0.05, 0) is 41.9 Å². The Hall–Kier alpha value is -0.480. The first kappa shape index (κ1) is 16.4. The van der Waals surface area contributed by atoms with Crippen LogP contribution in [0.4, 0.5) is 0 Å². The number of hydrogen-bond acceptors (Lipinski definition) is 3. The topological polar surface area (TPSA) is 29.5 Å². The molecule has 0 aliphatic carbocycles. The van der Waals surface area contributed by atoms with E-state index in [1.54, 1.807) is 0 Å². The Kier molecular flexibility index (Phi) is 5.18. The summed E-state index contributed by atoms with van der Waals surface area (Å²) in [5.41, 5.74) is 0.269. The Morgan fingerprint density at radius 2 is 2.09 bits per heavy atom. The summed E-state index contributed by atoms with van der Waals surface area (Å²) in [6.45, 7) is 8.22. The zero-order valence-corrected chi connectivity index (χ0v) is 14.8. The molecule has 0 saturated carbocycles. The number of carbonyl (C=O) groups is 1. The Balaban J connectivity index is 1.63. The van der Waals surface area contributed by atoms with Crippen LogP contribution in [-0.4, -0.2) is 42.9 Å². The highest BCUT2D eigenvalue weighted by Gasteiger charge is 2.34. The molecule has 2 fully saturated rings. The SMILES string of the molecule is CC1(C)CCCCN(C(=O)C2C=C(C3CCOCC3)SC2)C1. The van der Waals surface area contributed by atoms with Crippen molar-refractivity contribution in [3.05, 3.63) is 11.0 Å². The van der Waals surface area contributed by atoms with Crippen molar-refractivity contribution in [1.29, 1.82) is 0 Å². The van der Waals surface area contributed by atoms with Crippen LogP contribution in [0.1, 0.15) is 46.0 Å². The minimum atomic E-state index is 0.108. The van der Waals surface area contributed by atoms with Gasteiger partial charge in [-0.1, -0.05) is 26.3 Å². The van der Waals surface area contributed by atoms with Gasteiger partial charge in [-0.25, -0.2) is 0 Å². The summed E-state index contributed by atoms with van der Waals surface area (Å²) in [5, 5.41) is 0. The molecule has 3 rings (SSSR count). The maximum absolute atomic E-state index is 12.9. The van der Waals surface area contributed by atoms with E-state index in [4.69, 9.17) is 4.74 Å². The lowest BCUT2D eigenvalue weighted by atomic mass is 9.88. The molecule has 0 bridgehead atoms. The molecule has 1 unspecified atom stereocenters. The summed E-state index contributed by atoms with van der Waals surface area (Å²) < 4.78 is 5.45. The Morgan fingerprint density at radius 3 is 2.86 bits per heavy atom. The fraction of sp³-hybridized carbons (Fsp3) is 0.833. The van der Waals surface area contributed by atoms with Gasteiger partial charge in [0.15, 0.2) is 0 Å². The van der Waals surface area contributed by atoms with Gasteiger partial charge in [0.25, 0.3) is 0 Å². The summed E-state index contributed by atoms with van der Waals surface area (Å²) in [6.07, 6.45) is 8.16. The number of nitrogens with zero attached hydrogens (tertiary/aromatic N) is 1. The minimum absolute atomic E-state index is 0.108. The number of likely N-dealkylation sites (tertiary alicyclic amines) is 1. The summed E-state index contributed by atoms with van der Waals surface area (Å²) >= 11 is 1.91. The van der Waals surface area contributed by atoms with E-state index < -0.39 is 0 Å². The van der Waals surface area contributed by atoms with Gasteiger partial charge in [-0.15, -0.1) is 11.8 Å². The average Bonchev–Trinajstić information content (AvgIpc) is 2.93. The number of amides is 1. The predicted octanol–water partition coefficient (Wildman–Crippen LogP) is 3.70. The number of allylic oxidation sites excluding steroid dienone is 1. The molecule has 1 atom stereocenters. The summed E-state index contributed by atoms with van der Waals surface area (Å²) in [5.74, 6) is 2.06. The largest absolute Gasteiger partial charge is 0.381 e. The lowest BCUT2D eigenvalue weighted by Gasteiger charge is -2.30. The van der Waals surface area contributed by atoms with Gasteiger partial charge >= 0.3 is 0 Å². The fourth-order valence-electron chi connectivity index (χ4n) is 3.86. The van der Waals surface area contributed by atoms with Gasteiger partial charge in [0.2, 0.25) is 5.91 Å². The summed E-state index contributed by atoms with van der Waals surface area (Å²) in [6, 6.07) is 0. The third-order valence-corrected chi connectivity index (χ3v) is 6.53. The second-order valence-electron chi connectivity index (χ2n) is 7.75. The molecule has 0 aromatic heterocycles. The number of rotatable bonds is 2. The molecule has 0 radical (unpaired) electrons. The van der Waals surface area contributed by atoms with Gasteiger partial charge in [0, 0.05) is 32.1 Å². The van der Waals surface area contributed by atoms with E-state index in [2.05, 4.69) is 24.8 Å². The number of ether oxygens (including phenoxy) is 1. The first-order valence-electron chi connectivity index (χ1n) is 8.76. The molecular weight excluding hydrogens is 294 g/mol. The van der Waals surface area contributed by atoms with Crippen molar-refractivity contribution in [2.75, 3.05) is 32.1 Å². The van der Waals surface area contributed by atoms with Gasteiger partial charge in [-0.2, -0.15) is 0 Å². The Morgan fingerprint density at radius 1 is 1.32 bits per heavy atom. The summed E-state index contributed by atoms with van der Waals surface area (Å²) in [7, 11) is 0. The van der Waals surface area contributed by atoms with Crippen LogP contribution in [-0.2, 0) is 9.53 Å². The first-order chi connectivity index (χ1) is 10.6. The van der Waals surface area contributed by atoms with Crippen molar-refractivity contribution in [3.8, 4) is 0 Å². The second kappa shape index (κ2) is 6.96. The van der Waals surface area contributed by atoms with Gasteiger partial charge in [0.1, 0.15) is 0 Å². The maximum atomic E-state index is 12.9. The lowest BCUT2D eigenvalue weighted by Crippen LogP contribution is -2.40. The molecule has 3 heterocycles. The molecule has 22 heavy (non-hydrogen) atoms. The summed E-state index contributed by atoms with van der Waals surface area (Å²) in [4.78, 5) is 16.5. The highest BCUT2D eigenvalue weighted by Crippen LogP contribution is 2.40. The first-order valence-corrected chi connectivity index (χ1v) is 9.75. The van der Waals surface area contributed by atoms with Crippen molar-refractivity contribution in [2.45, 2.75) is 46.0 Å². The third kappa shape index (κ3) is 3.88. The van der Waals surface area contributed by atoms with Crippen molar-refractivity contribution >= 4 is 17.7 Å². The Bertz CT molecular complexity index is 440. The average molecular weight is 324 g/mol. The highest BCUT2D eigenvalue weighted by atomic mass is 32.2. The molecule has 4 heteroatoms. The molecule has 0 N–H and O–H groups in total. The molecule has 3 aliphatic heterocycles. The van der Waals surface area contributed by atoms with Crippen LogP contribution in [0.2, 0.25) is 0 Å². The van der Waals surface area contributed by atoms with E-state index >= 15 is 0 Å². The van der Waals surface area contributed by atoms with E-state index in [-0.39, 0.29) is 11.3 Å². The van der Waals surface area contributed by atoms with Crippen LogP contribution in [0.25, 0.3) is 0 Å². The molecule has 2 saturated heterocycles. The molecule has 0 spiro atoms. The highest BCUT2D eigenvalue weighted by molar-refractivity contribution is 8.03. The van der Waals surface area contributed by atoms with Crippen molar-refractivity contribution in [3.63, 3.8) is 0 Å². The van der Waals surface area contributed by atoms with Crippen molar-refractivity contribution in [2.24, 2.45) is 17.3 Å². The quantitative estimate of drug-likeness (QED) is 0.776. The molecule has 0 aromatic rings. The second-order valence-corrected chi connectivity index (χ2v) is 8.85. The zero-order valence-electron chi connectivity index (χ0n) is 14.0. The molecule has 3 nitrogen and oxygen atoms in total. The van der Waals surface area contributed by atoms with Gasteiger partial charge < -0.3 is 9.64 Å². The van der Waals surface area contributed by atoms with Crippen LogP contribution in [0.15, 0.2) is 11.0 Å². The van der Waals surface area contributed by atoms with E-state index in [1.165, 1.54) is 17.7 Å². The minimum Gasteiger partial charge on any atom is -0.381 e. The van der Waals surface area contributed by atoms with Crippen molar-refractivity contribution < 1.29 is 9.53 Å². The number of carbonyl (C=O) groups excluding carboxylic acids is 1. The molecule has 124 valence electrons. The normalized spacial score (nSPS) is 30.0. The van der Waals surface area contributed by atoms with Crippen LogP contribution < -0.4 is 0 Å². The zero-order chi connectivity index (χ0) is 15.6. The van der Waals surface area contributed by atoms with E-state index in [0.29, 0.717) is 11.8 Å². The Labute approximate surface area is 138 Å². The lowest BCUT2D eigenvalue weighted by molar-refractivity contribution is -0.134. The van der Waals surface area contributed by atoms with Crippen LogP contribution >= 0.6 is 11.8 Å². The van der Waals surface area contributed by atoms with Gasteiger partial charge in [-0.3, -0.25) is 4.79 Å². The molecule has 0 aromatic carbocycles. The molecular formula is C18H29NO2S. The standard InChI is InChI=1S/C18H29NO2S/c1-18(2)7-3-4-8-19(13-18)17(20)15-11-16(22-12-15)14-5-9-21-10-6-14/h11,14-15H,3-10,12-13H2,1-2H3. The van der Waals surface area contributed by atoms with E-state index in [1.807, 2.05) is 11.8 Å². The monoisotopic (exact) mass is 323 g/mol. The van der Waals surface area contributed by atoms with Crippen LogP contribution in [0.3, 0.4) is 0 Å². The van der Waals surface area contributed by atoms with E-state index in [0.717, 1.165) is 51.3 Å². The third-order valence-electron chi connectivity index (χ3n) is 5.20. The fourth-order valence-corrected chi connectivity index (χ4v) is 5.21. The van der Waals surface area contributed by atoms with Crippen LogP contribution in [0, 0.1) is 17.3 Å². The van der Waals surface area contributed by atoms with E-state index in [9.17, 15) is 4.79 Å². The van der Waals surface area contributed by atoms with Gasteiger partial charge in [0.05, 0.1) is 5.92 Å². The van der Waals surface area contributed by atoms with Crippen molar-refractivity contribution in [1.82, 2.24) is 4.90 Å². The van der Waals surface area contributed by atoms with Crippen LogP contribution in [0.5, 0.6) is 0 Å². The number of hydrogen-bond donors (Lipinski definition) is 0. The maximum Gasteiger partial charge on any atom is 0.230 e. The molecule has 1 amide bonds. The molecule has 3 aliphatic rings. The smallest absolute Gasteiger partial charge is 0.230 e.